The van der Waals surface area contributed by atoms with Crippen LogP contribution in [-0.4, -0.2) is 0 Å². The minimum absolute atomic E-state index is 0.334. The summed E-state index contributed by atoms with van der Waals surface area (Å²) in [6.07, 6.45) is 0. The van der Waals surface area contributed by atoms with E-state index in [-0.39, 0.29) is 5.82 Å². The molecule has 4 aromatic rings. The molecule has 138 valence electrons. The Balaban J connectivity index is 2.01. The van der Waals surface area contributed by atoms with E-state index in [9.17, 15) is 4.39 Å². The number of thioether (sulfide) groups is 1. The Hall–Kier alpha value is -2.55. The summed E-state index contributed by atoms with van der Waals surface area (Å²) in [7, 11) is 0. The van der Waals surface area contributed by atoms with Crippen molar-refractivity contribution < 1.29 is 4.39 Å². The lowest BCUT2D eigenvalue weighted by molar-refractivity contribution is 0.626. The third-order valence-corrected chi connectivity index (χ3v) is 6.71. The van der Waals surface area contributed by atoms with Gasteiger partial charge >= 0.3 is 0 Å². The lowest BCUT2D eigenvalue weighted by atomic mass is 9.84. The summed E-state index contributed by atoms with van der Waals surface area (Å²) in [5.74, 6) is -0.334. The lowest BCUT2D eigenvalue weighted by Gasteiger charge is -2.35. The molecule has 0 aliphatic carbocycles. The first-order valence-electron chi connectivity index (χ1n) is 9.01. The van der Waals surface area contributed by atoms with Crippen molar-refractivity contribution in [1.29, 1.82) is 0 Å². The number of benzene rings is 4. The first-order chi connectivity index (χ1) is 13.7. The van der Waals surface area contributed by atoms with Gasteiger partial charge < -0.3 is 0 Å². The summed E-state index contributed by atoms with van der Waals surface area (Å²) in [4.78, 5) is 0.833. The van der Waals surface area contributed by atoms with Crippen LogP contribution in [0.15, 0.2) is 114 Å². The standard InChI is InChI=1S/C25H18ClFS/c26-23-18-22(27)16-17-24(23)28-25(19-10-4-1-5-11-19,20-12-6-2-7-13-20)21-14-8-3-9-15-21/h1-18H. The van der Waals surface area contributed by atoms with Crippen LogP contribution < -0.4 is 0 Å². The zero-order valence-electron chi connectivity index (χ0n) is 15.1. The van der Waals surface area contributed by atoms with Gasteiger partial charge in [-0.25, -0.2) is 4.39 Å². The van der Waals surface area contributed by atoms with Gasteiger partial charge in [-0.3, -0.25) is 0 Å². The number of hydrogen-bond acceptors (Lipinski definition) is 1. The molecule has 4 aromatic carbocycles. The normalized spacial score (nSPS) is 11.4. The average Bonchev–Trinajstić information content (AvgIpc) is 2.75. The van der Waals surface area contributed by atoms with Crippen molar-refractivity contribution in [3.05, 3.63) is 137 Å². The molecule has 0 radical (unpaired) electrons. The fourth-order valence-corrected chi connectivity index (χ4v) is 5.09. The van der Waals surface area contributed by atoms with E-state index in [1.165, 1.54) is 12.1 Å². The maximum atomic E-state index is 13.7. The predicted octanol–water partition coefficient (Wildman–Crippen LogP) is 7.56. The quantitative estimate of drug-likeness (QED) is 0.244. The van der Waals surface area contributed by atoms with E-state index in [4.69, 9.17) is 11.6 Å². The van der Waals surface area contributed by atoms with Crippen molar-refractivity contribution in [3.63, 3.8) is 0 Å². The molecule has 0 saturated carbocycles. The summed E-state index contributed by atoms with van der Waals surface area (Å²) < 4.78 is 13.1. The number of hydrogen-bond donors (Lipinski definition) is 0. The Morgan fingerprint density at radius 1 is 0.607 bits per heavy atom. The zero-order valence-corrected chi connectivity index (χ0v) is 16.6. The van der Waals surface area contributed by atoms with Crippen LogP contribution in [-0.2, 0) is 4.75 Å². The average molecular weight is 405 g/mol. The molecule has 0 spiro atoms. The fourth-order valence-electron chi connectivity index (χ4n) is 3.42. The van der Waals surface area contributed by atoms with Crippen LogP contribution in [0.5, 0.6) is 0 Å². The van der Waals surface area contributed by atoms with Crippen molar-refractivity contribution in [2.24, 2.45) is 0 Å². The van der Waals surface area contributed by atoms with Gasteiger partial charge in [-0.1, -0.05) is 103 Å². The predicted molar refractivity (Wildman–Crippen MR) is 116 cm³/mol. The van der Waals surface area contributed by atoms with Crippen LogP contribution in [0.2, 0.25) is 5.02 Å². The second-order valence-corrected chi connectivity index (χ2v) is 8.12. The van der Waals surface area contributed by atoms with Gasteiger partial charge in [0.25, 0.3) is 0 Å². The molecule has 4 rings (SSSR count). The minimum atomic E-state index is -0.523. The van der Waals surface area contributed by atoms with E-state index in [0.29, 0.717) is 5.02 Å². The van der Waals surface area contributed by atoms with Gasteiger partial charge in [-0.15, -0.1) is 11.8 Å². The molecule has 28 heavy (non-hydrogen) atoms. The molecule has 0 aromatic heterocycles. The van der Waals surface area contributed by atoms with Crippen LogP contribution in [0, 0.1) is 5.82 Å². The van der Waals surface area contributed by atoms with E-state index in [1.54, 1.807) is 17.8 Å². The molecule has 0 heterocycles. The highest BCUT2D eigenvalue weighted by Crippen LogP contribution is 2.52. The molecule has 0 fully saturated rings. The molecular weight excluding hydrogens is 387 g/mol. The van der Waals surface area contributed by atoms with Crippen LogP contribution in [0.1, 0.15) is 16.7 Å². The molecule has 0 bridgehead atoms. The van der Waals surface area contributed by atoms with Crippen LogP contribution in [0.3, 0.4) is 0 Å². The van der Waals surface area contributed by atoms with Crippen molar-refractivity contribution >= 4 is 23.4 Å². The second-order valence-electron chi connectivity index (χ2n) is 6.46. The SMILES string of the molecule is Fc1ccc(SC(c2ccccc2)(c2ccccc2)c2ccccc2)c(Cl)c1. The largest absolute Gasteiger partial charge is 0.207 e. The molecule has 0 atom stereocenters. The highest BCUT2D eigenvalue weighted by Gasteiger charge is 2.38. The Morgan fingerprint density at radius 3 is 1.43 bits per heavy atom. The molecule has 0 amide bonds. The fraction of sp³-hybridized carbons (Fsp3) is 0.0400. The molecule has 0 aliphatic rings. The van der Waals surface area contributed by atoms with Crippen LogP contribution in [0.25, 0.3) is 0 Å². The molecule has 0 unspecified atom stereocenters. The van der Waals surface area contributed by atoms with E-state index in [0.717, 1.165) is 21.6 Å². The van der Waals surface area contributed by atoms with E-state index in [1.807, 2.05) is 54.6 Å². The molecule has 0 aliphatic heterocycles. The third kappa shape index (κ3) is 3.58. The van der Waals surface area contributed by atoms with Gasteiger partial charge in [0.2, 0.25) is 0 Å². The van der Waals surface area contributed by atoms with Gasteiger partial charge in [0.15, 0.2) is 0 Å². The summed E-state index contributed by atoms with van der Waals surface area (Å²) >= 11 is 8.07. The molecule has 0 nitrogen and oxygen atoms in total. The maximum Gasteiger partial charge on any atom is 0.124 e. The summed E-state index contributed by atoms with van der Waals surface area (Å²) in [5, 5.41) is 0.414. The van der Waals surface area contributed by atoms with Crippen LogP contribution in [0.4, 0.5) is 4.39 Å². The van der Waals surface area contributed by atoms with Crippen molar-refractivity contribution in [1.82, 2.24) is 0 Å². The minimum Gasteiger partial charge on any atom is -0.207 e. The number of halogens is 2. The Morgan fingerprint density at radius 2 is 1.04 bits per heavy atom. The smallest absolute Gasteiger partial charge is 0.124 e. The number of rotatable bonds is 5. The van der Waals surface area contributed by atoms with Crippen molar-refractivity contribution in [2.45, 2.75) is 9.64 Å². The van der Waals surface area contributed by atoms with Gasteiger partial charge in [0.05, 0.1) is 9.77 Å². The van der Waals surface area contributed by atoms with Gasteiger partial charge in [-0.2, -0.15) is 0 Å². The van der Waals surface area contributed by atoms with E-state index >= 15 is 0 Å². The highest BCUT2D eigenvalue weighted by molar-refractivity contribution is 8.00. The summed E-state index contributed by atoms with van der Waals surface area (Å²) in [5.41, 5.74) is 3.41. The molecule has 3 heteroatoms. The topological polar surface area (TPSA) is 0 Å². The van der Waals surface area contributed by atoms with Gasteiger partial charge in [0.1, 0.15) is 5.82 Å². The van der Waals surface area contributed by atoms with E-state index in [2.05, 4.69) is 36.4 Å². The Bertz CT molecular complexity index is 953. The van der Waals surface area contributed by atoms with E-state index < -0.39 is 4.75 Å². The maximum absolute atomic E-state index is 13.7. The summed E-state index contributed by atoms with van der Waals surface area (Å²) in [6.45, 7) is 0. The third-order valence-electron chi connectivity index (χ3n) is 4.70. The first-order valence-corrected chi connectivity index (χ1v) is 10.2. The Labute approximate surface area is 174 Å². The monoisotopic (exact) mass is 404 g/mol. The first kappa shape index (κ1) is 18.8. The van der Waals surface area contributed by atoms with Crippen LogP contribution >= 0.6 is 23.4 Å². The van der Waals surface area contributed by atoms with Crippen molar-refractivity contribution in [3.8, 4) is 0 Å². The van der Waals surface area contributed by atoms with Crippen molar-refractivity contribution in [2.75, 3.05) is 0 Å². The summed E-state index contributed by atoms with van der Waals surface area (Å²) in [6, 6.07) is 35.7. The zero-order chi connectivity index (χ0) is 19.4. The lowest BCUT2D eigenvalue weighted by Crippen LogP contribution is -2.25. The molecular formula is C25H18ClFS. The Kier molecular flexibility index (Phi) is 5.52. The molecule has 0 N–H and O–H groups in total. The molecule has 0 saturated heterocycles. The van der Waals surface area contributed by atoms with Gasteiger partial charge in [0, 0.05) is 4.90 Å². The van der Waals surface area contributed by atoms with Gasteiger partial charge in [-0.05, 0) is 34.9 Å². The highest BCUT2D eigenvalue weighted by atomic mass is 35.5. The second kappa shape index (κ2) is 8.22.